The number of amides is 1. The fraction of sp³-hybridized carbons (Fsp3) is 0.923. The van der Waals surface area contributed by atoms with Gasteiger partial charge >= 0.3 is 20.4 Å². The van der Waals surface area contributed by atoms with E-state index < -0.39 is 30.5 Å². The van der Waals surface area contributed by atoms with Gasteiger partial charge in [-0.25, -0.2) is 13.2 Å². The van der Waals surface area contributed by atoms with Crippen molar-refractivity contribution in [1.82, 2.24) is 5.32 Å². The van der Waals surface area contributed by atoms with Gasteiger partial charge in [0.15, 0.2) is 10.1 Å². The summed E-state index contributed by atoms with van der Waals surface area (Å²) in [6, 6.07) is 0.648. The van der Waals surface area contributed by atoms with Gasteiger partial charge in [0.1, 0.15) is 13.2 Å². The summed E-state index contributed by atoms with van der Waals surface area (Å²) in [4.78, 5) is 11.4. The number of carbonyl (C=O) groups is 1. The zero-order valence-corrected chi connectivity index (χ0v) is 18.6. The van der Waals surface area contributed by atoms with E-state index in [1.807, 2.05) is 21.1 Å². The second-order valence-corrected chi connectivity index (χ2v) is 10.8. The van der Waals surface area contributed by atoms with Gasteiger partial charge in [-0.2, -0.15) is 13.2 Å². The second kappa shape index (κ2) is 12.6. The molecule has 0 rings (SSSR count). The van der Waals surface area contributed by atoms with Crippen LogP contribution in [0.1, 0.15) is 6.42 Å². The summed E-state index contributed by atoms with van der Waals surface area (Å²) >= 11 is 0. The smallest absolute Gasteiger partial charge is 0.500 e. The van der Waals surface area contributed by atoms with E-state index in [0.717, 1.165) is 11.0 Å². The number of quaternary nitrogens is 1. The SMILES string of the molecule is CO[Si](CCCNC(=O)OCC[N+](C)(C)C)(OC)OC.O=S(=O)([O-])C(F)(F)F. The van der Waals surface area contributed by atoms with Crippen LogP contribution in [0.15, 0.2) is 0 Å². The second-order valence-electron chi connectivity index (χ2n) is 6.38. The van der Waals surface area contributed by atoms with Crippen molar-refractivity contribution in [1.29, 1.82) is 0 Å². The van der Waals surface area contributed by atoms with Gasteiger partial charge in [-0.15, -0.1) is 0 Å². The van der Waals surface area contributed by atoms with Gasteiger partial charge in [-0.05, 0) is 6.42 Å². The van der Waals surface area contributed by atoms with Crippen molar-refractivity contribution in [2.75, 3.05) is 62.2 Å². The topological polar surface area (TPSA) is 123 Å². The van der Waals surface area contributed by atoms with E-state index in [-0.39, 0.29) is 0 Å². The molecule has 0 aromatic rings. The third-order valence-corrected chi connectivity index (χ3v) is 6.54. The molecule has 28 heavy (non-hydrogen) atoms. The number of alkyl halides is 3. The Hall–Kier alpha value is -0.973. The number of halogens is 3. The Morgan fingerprint density at radius 2 is 1.54 bits per heavy atom. The zero-order chi connectivity index (χ0) is 22.6. The number of rotatable bonds is 10. The number of likely N-dealkylation sites (N-methyl/N-ethyl adjacent to an activating group) is 1. The third-order valence-electron chi connectivity index (χ3n) is 3.14. The van der Waals surface area contributed by atoms with Crippen LogP contribution in [-0.4, -0.2) is 100 Å². The molecule has 1 amide bonds. The van der Waals surface area contributed by atoms with E-state index in [9.17, 15) is 18.0 Å². The van der Waals surface area contributed by atoms with Gasteiger partial charge in [0.05, 0.1) is 21.1 Å². The zero-order valence-electron chi connectivity index (χ0n) is 16.8. The average Bonchev–Trinajstić information content (AvgIpc) is 2.53. The number of carbonyl (C=O) groups excluding carboxylic acids is 1. The van der Waals surface area contributed by atoms with Crippen molar-refractivity contribution in [2.24, 2.45) is 0 Å². The lowest BCUT2D eigenvalue weighted by Gasteiger charge is -2.24. The van der Waals surface area contributed by atoms with Crippen LogP contribution in [0.2, 0.25) is 6.04 Å². The quantitative estimate of drug-likeness (QED) is 0.167. The average molecular weight is 459 g/mol. The largest absolute Gasteiger partial charge is 0.741 e. The van der Waals surface area contributed by atoms with Gasteiger partial charge < -0.3 is 32.4 Å². The first-order valence-corrected chi connectivity index (χ1v) is 11.3. The maximum Gasteiger partial charge on any atom is 0.500 e. The molecule has 0 saturated carbocycles. The Morgan fingerprint density at radius 1 is 1.11 bits per heavy atom. The van der Waals surface area contributed by atoms with Gasteiger partial charge in [0, 0.05) is 33.9 Å². The highest BCUT2D eigenvalue weighted by Crippen LogP contribution is 2.20. The highest BCUT2D eigenvalue weighted by atomic mass is 32.2. The van der Waals surface area contributed by atoms with Gasteiger partial charge in [0.2, 0.25) is 0 Å². The molecule has 0 aliphatic heterocycles. The summed E-state index contributed by atoms with van der Waals surface area (Å²) in [5.41, 5.74) is -5.65. The minimum absolute atomic E-state index is 0.391. The van der Waals surface area contributed by atoms with Crippen molar-refractivity contribution >= 4 is 25.0 Å². The summed E-state index contributed by atoms with van der Waals surface area (Å²) < 4.78 is 80.6. The van der Waals surface area contributed by atoms with Gasteiger partial charge in [-0.3, -0.25) is 0 Å². The summed E-state index contributed by atoms with van der Waals surface area (Å²) in [5.74, 6) is 0. The van der Waals surface area contributed by atoms with Crippen LogP contribution in [0.4, 0.5) is 18.0 Å². The maximum absolute atomic E-state index is 11.4. The molecule has 0 unspecified atom stereocenters. The molecule has 10 nitrogen and oxygen atoms in total. The van der Waals surface area contributed by atoms with Crippen LogP contribution in [0.5, 0.6) is 0 Å². The van der Waals surface area contributed by atoms with Crippen LogP contribution in [-0.2, 0) is 28.1 Å². The molecule has 15 heteroatoms. The van der Waals surface area contributed by atoms with Crippen molar-refractivity contribution < 1.29 is 53.4 Å². The molecule has 0 fully saturated rings. The molecule has 0 aliphatic carbocycles. The van der Waals surface area contributed by atoms with Gasteiger partial charge in [0.25, 0.3) is 0 Å². The standard InChI is InChI=1S/C12H28N2O5Si.CHF3O3S/c1-14(2,3)9-10-19-12(15)13-8-7-11-20(16-4,17-5)18-6;2-1(3,4)8(5,6)7/h7-11H2,1-6H3;(H,5,6,7). The Bertz CT molecular complexity index is 543. The Labute approximate surface area is 164 Å². The van der Waals surface area contributed by atoms with Crippen molar-refractivity contribution in [3.63, 3.8) is 0 Å². The lowest BCUT2D eigenvalue weighted by atomic mass is 10.5. The number of nitrogens with one attached hydrogen (secondary N) is 1. The van der Waals surface area contributed by atoms with Crippen molar-refractivity contribution in [3.05, 3.63) is 0 Å². The molecule has 0 saturated heterocycles. The highest BCUT2D eigenvalue weighted by Gasteiger charge is 2.37. The van der Waals surface area contributed by atoms with E-state index in [2.05, 4.69) is 5.32 Å². The highest BCUT2D eigenvalue weighted by molar-refractivity contribution is 7.86. The molecular formula is C13H29F3N2O8SSi. The molecule has 0 bridgehead atoms. The first-order valence-electron chi connectivity index (χ1n) is 7.92. The third kappa shape index (κ3) is 14.1. The lowest BCUT2D eigenvalue weighted by Crippen LogP contribution is -2.43. The minimum atomic E-state index is -6.09. The monoisotopic (exact) mass is 458 g/mol. The van der Waals surface area contributed by atoms with Crippen LogP contribution < -0.4 is 5.32 Å². The Kier molecular flexibility index (Phi) is 13.1. The van der Waals surface area contributed by atoms with Crippen LogP contribution in [0.3, 0.4) is 0 Å². The van der Waals surface area contributed by atoms with E-state index in [1.165, 1.54) is 0 Å². The molecular weight excluding hydrogens is 429 g/mol. The molecule has 1 N–H and O–H groups in total. The summed E-state index contributed by atoms with van der Waals surface area (Å²) in [5, 5.41) is 2.70. The van der Waals surface area contributed by atoms with E-state index in [1.54, 1.807) is 21.3 Å². The number of nitrogens with zero attached hydrogens (tertiary/aromatic N) is 1. The fourth-order valence-electron chi connectivity index (χ4n) is 1.51. The van der Waals surface area contributed by atoms with Gasteiger partial charge in [-0.1, -0.05) is 0 Å². The Balaban J connectivity index is 0. The lowest BCUT2D eigenvalue weighted by molar-refractivity contribution is -0.870. The van der Waals surface area contributed by atoms with Crippen molar-refractivity contribution in [3.8, 4) is 0 Å². The van der Waals surface area contributed by atoms with Crippen LogP contribution in [0, 0.1) is 0 Å². The number of alkyl carbamates (subject to hydrolysis) is 1. The summed E-state index contributed by atoms with van der Waals surface area (Å²) in [7, 11) is 2.24. The molecule has 0 radical (unpaired) electrons. The predicted octanol–water partition coefficient (Wildman–Crippen LogP) is 0.738. The van der Waals surface area contributed by atoms with Crippen LogP contribution in [0.25, 0.3) is 0 Å². The van der Waals surface area contributed by atoms with E-state index in [0.29, 0.717) is 25.6 Å². The predicted molar refractivity (Wildman–Crippen MR) is 94.2 cm³/mol. The normalized spacial score (nSPS) is 12.8. The first-order chi connectivity index (χ1) is 12.5. The Morgan fingerprint density at radius 3 is 1.86 bits per heavy atom. The summed E-state index contributed by atoms with van der Waals surface area (Å²) in [6.07, 6.45) is 0.324. The first kappa shape index (κ1) is 29.2. The molecule has 0 aromatic carbocycles. The van der Waals surface area contributed by atoms with Crippen LogP contribution >= 0.6 is 0 Å². The minimum Gasteiger partial charge on any atom is -0.741 e. The summed E-state index contributed by atoms with van der Waals surface area (Å²) in [6.45, 7) is 1.69. The maximum atomic E-state index is 11.4. The van der Waals surface area contributed by atoms with E-state index >= 15 is 0 Å². The molecule has 0 aromatic heterocycles. The van der Waals surface area contributed by atoms with E-state index in [4.69, 9.17) is 31.0 Å². The number of hydrogen-bond acceptors (Lipinski definition) is 8. The fourth-order valence-corrected chi connectivity index (χ4v) is 3.24. The molecule has 0 heterocycles. The van der Waals surface area contributed by atoms with Crippen molar-refractivity contribution in [2.45, 2.75) is 18.0 Å². The molecule has 0 spiro atoms. The number of ether oxygens (including phenoxy) is 1. The molecule has 0 atom stereocenters. The number of hydrogen-bond donors (Lipinski definition) is 1. The molecule has 0 aliphatic rings. The molecule has 170 valence electrons.